The number of carbonyl (C=O) groups excluding carboxylic acids is 1. The molecule has 1 saturated carbocycles. The van der Waals surface area contributed by atoms with Crippen LogP contribution in [0.2, 0.25) is 0 Å². The molecule has 3 rings (SSSR count). The van der Waals surface area contributed by atoms with Crippen molar-refractivity contribution in [2.75, 3.05) is 20.8 Å². The van der Waals surface area contributed by atoms with Gasteiger partial charge in [0.25, 0.3) is 5.91 Å². The van der Waals surface area contributed by atoms with Gasteiger partial charge in [-0.25, -0.2) is 0 Å². The van der Waals surface area contributed by atoms with Gasteiger partial charge in [0, 0.05) is 24.2 Å². The van der Waals surface area contributed by atoms with E-state index in [2.05, 4.69) is 25.7 Å². The highest BCUT2D eigenvalue weighted by atomic mass is 16.5. The molecule has 1 aromatic rings. The maximum Gasteiger partial charge on any atom is 0.254 e. The van der Waals surface area contributed by atoms with Crippen LogP contribution < -0.4 is 9.47 Å². The Morgan fingerprint density at radius 2 is 1.70 bits per heavy atom. The number of likely N-dealkylation sites (tertiary alicyclic amines) is 1. The number of hydrogen-bond acceptors (Lipinski definition) is 3. The Balaban J connectivity index is 1.90. The van der Waals surface area contributed by atoms with E-state index < -0.39 is 0 Å². The molecular weight excluding hydrogens is 290 g/mol. The number of methoxy groups -OCH3 is 2. The number of rotatable bonds is 3. The smallest absolute Gasteiger partial charge is 0.254 e. The predicted molar refractivity (Wildman–Crippen MR) is 90.1 cm³/mol. The third-order valence-corrected chi connectivity index (χ3v) is 5.27. The number of ether oxygens (including phenoxy) is 2. The monoisotopic (exact) mass is 317 g/mol. The van der Waals surface area contributed by atoms with Gasteiger partial charge in [0.05, 0.1) is 14.2 Å². The maximum absolute atomic E-state index is 13.1. The van der Waals surface area contributed by atoms with Crippen LogP contribution in [0, 0.1) is 10.8 Å². The van der Waals surface area contributed by atoms with Crippen LogP contribution in [0.1, 0.15) is 50.4 Å². The Morgan fingerprint density at radius 3 is 2.26 bits per heavy atom. The lowest BCUT2D eigenvalue weighted by atomic mass is 9.65. The Kier molecular flexibility index (Phi) is 3.81. The summed E-state index contributed by atoms with van der Waals surface area (Å²) in [6, 6.07) is 5.75. The highest BCUT2D eigenvalue weighted by Gasteiger charge is 2.51. The van der Waals surface area contributed by atoms with Crippen LogP contribution in [0.25, 0.3) is 0 Å². The van der Waals surface area contributed by atoms with Crippen LogP contribution in [-0.2, 0) is 0 Å². The average Bonchev–Trinajstić information content (AvgIpc) is 2.74. The SMILES string of the molecule is COc1cc(OC)cc(C(=O)N2CC3(C)CC2CC(C)(C)C3)c1. The van der Waals surface area contributed by atoms with Crippen LogP contribution in [0.3, 0.4) is 0 Å². The molecule has 23 heavy (non-hydrogen) atoms. The fourth-order valence-corrected chi connectivity index (χ4v) is 4.79. The molecule has 1 aliphatic heterocycles. The zero-order chi connectivity index (χ0) is 16.8. The number of benzene rings is 1. The average molecular weight is 317 g/mol. The summed E-state index contributed by atoms with van der Waals surface area (Å²) in [6.07, 6.45) is 3.38. The summed E-state index contributed by atoms with van der Waals surface area (Å²) in [5.74, 6) is 1.40. The lowest BCUT2D eigenvalue weighted by molar-refractivity contribution is 0.0707. The number of fused-ring (bicyclic) bond motifs is 2. The first-order valence-corrected chi connectivity index (χ1v) is 8.29. The molecule has 0 radical (unpaired) electrons. The molecule has 2 fully saturated rings. The van der Waals surface area contributed by atoms with Gasteiger partial charge in [-0.3, -0.25) is 4.79 Å². The molecule has 1 amide bonds. The summed E-state index contributed by atoms with van der Waals surface area (Å²) < 4.78 is 10.6. The van der Waals surface area contributed by atoms with Gasteiger partial charge in [-0.05, 0) is 42.2 Å². The quantitative estimate of drug-likeness (QED) is 0.852. The molecule has 0 spiro atoms. The standard InChI is InChI=1S/C19H27NO3/c1-18(2)9-14-10-19(3,11-18)12-20(14)17(21)13-6-15(22-4)8-16(7-13)23-5/h6-8,14H,9-12H2,1-5H3. The maximum atomic E-state index is 13.1. The van der Waals surface area contributed by atoms with Gasteiger partial charge in [0.15, 0.2) is 0 Å². The lowest BCUT2D eigenvalue weighted by Gasteiger charge is -2.39. The van der Waals surface area contributed by atoms with Crippen molar-refractivity contribution in [2.45, 2.75) is 46.1 Å². The predicted octanol–water partition coefficient (Wildman–Crippen LogP) is 3.74. The molecule has 4 nitrogen and oxygen atoms in total. The topological polar surface area (TPSA) is 38.8 Å². The van der Waals surface area contributed by atoms with Gasteiger partial charge in [0.2, 0.25) is 0 Å². The fourth-order valence-electron chi connectivity index (χ4n) is 4.79. The largest absolute Gasteiger partial charge is 0.497 e. The second kappa shape index (κ2) is 5.43. The molecule has 2 bridgehead atoms. The fraction of sp³-hybridized carbons (Fsp3) is 0.632. The highest BCUT2D eigenvalue weighted by molar-refractivity contribution is 5.95. The molecule has 2 aliphatic rings. The van der Waals surface area contributed by atoms with E-state index in [0.717, 1.165) is 19.4 Å². The molecule has 2 atom stereocenters. The van der Waals surface area contributed by atoms with Crippen molar-refractivity contribution >= 4 is 5.91 Å². The minimum absolute atomic E-state index is 0.0913. The number of hydrogen-bond donors (Lipinski definition) is 0. The Bertz CT molecular complexity index is 603. The van der Waals surface area contributed by atoms with Gasteiger partial charge in [-0.15, -0.1) is 0 Å². The van der Waals surface area contributed by atoms with E-state index in [4.69, 9.17) is 9.47 Å². The van der Waals surface area contributed by atoms with E-state index in [1.165, 1.54) is 6.42 Å². The van der Waals surface area contributed by atoms with E-state index >= 15 is 0 Å². The van der Waals surface area contributed by atoms with Crippen molar-refractivity contribution in [3.63, 3.8) is 0 Å². The van der Waals surface area contributed by atoms with Crippen molar-refractivity contribution in [1.29, 1.82) is 0 Å². The Morgan fingerprint density at radius 1 is 1.09 bits per heavy atom. The Hall–Kier alpha value is -1.71. The molecule has 0 aromatic heterocycles. The van der Waals surface area contributed by atoms with Gasteiger partial charge in [-0.1, -0.05) is 20.8 Å². The van der Waals surface area contributed by atoms with E-state index in [0.29, 0.717) is 28.5 Å². The third kappa shape index (κ3) is 3.04. The first-order chi connectivity index (χ1) is 10.8. The molecular formula is C19H27NO3. The van der Waals surface area contributed by atoms with Crippen molar-refractivity contribution in [3.8, 4) is 11.5 Å². The van der Waals surface area contributed by atoms with Crippen LogP contribution in [0.5, 0.6) is 11.5 Å². The van der Waals surface area contributed by atoms with Crippen molar-refractivity contribution < 1.29 is 14.3 Å². The number of nitrogens with zero attached hydrogens (tertiary/aromatic N) is 1. The van der Waals surface area contributed by atoms with Crippen molar-refractivity contribution in [2.24, 2.45) is 10.8 Å². The normalized spacial score (nSPS) is 28.6. The van der Waals surface area contributed by atoms with Gasteiger partial charge in [-0.2, -0.15) is 0 Å². The van der Waals surface area contributed by atoms with E-state index in [1.54, 1.807) is 32.4 Å². The Labute approximate surface area is 138 Å². The van der Waals surface area contributed by atoms with Crippen molar-refractivity contribution in [3.05, 3.63) is 23.8 Å². The van der Waals surface area contributed by atoms with E-state index in [1.807, 2.05) is 0 Å². The molecule has 4 heteroatoms. The van der Waals surface area contributed by atoms with Gasteiger partial charge < -0.3 is 14.4 Å². The molecule has 1 aromatic carbocycles. The van der Waals surface area contributed by atoms with Gasteiger partial charge >= 0.3 is 0 Å². The molecule has 2 unspecified atom stereocenters. The minimum Gasteiger partial charge on any atom is -0.497 e. The highest BCUT2D eigenvalue weighted by Crippen LogP contribution is 2.52. The summed E-state index contributed by atoms with van der Waals surface area (Å²) >= 11 is 0. The molecule has 1 aliphatic carbocycles. The first kappa shape index (κ1) is 16.2. The summed E-state index contributed by atoms with van der Waals surface area (Å²) in [6.45, 7) is 7.81. The second-order valence-electron chi connectivity index (χ2n) is 8.25. The molecule has 1 heterocycles. The minimum atomic E-state index is 0.0913. The number of carbonyl (C=O) groups is 1. The number of amides is 1. The van der Waals surface area contributed by atoms with E-state index in [9.17, 15) is 4.79 Å². The summed E-state index contributed by atoms with van der Waals surface area (Å²) in [7, 11) is 3.21. The zero-order valence-electron chi connectivity index (χ0n) is 14.8. The lowest BCUT2D eigenvalue weighted by Crippen LogP contribution is -2.37. The molecule has 1 saturated heterocycles. The van der Waals surface area contributed by atoms with Crippen LogP contribution in [0.4, 0.5) is 0 Å². The second-order valence-corrected chi connectivity index (χ2v) is 8.25. The third-order valence-electron chi connectivity index (χ3n) is 5.27. The first-order valence-electron chi connectivity index (χ1n) is 8.29. The van der Waals surface area contributed by atoms with E-state index in [-0.39, 0.29) is 11.3 Å². The summed E-state index contributed by atoms with van der Waals surface area (Å²) in [4.78, 5) is 15.2. The molecule has 126 valence electrons. The van der Waals surface area contributed by atoms with Crippen molar-refractivity contribution in [1.82, 2.24) is 4.90 Å². The van der Waals surface area contributed by atoms with Gasteiger partial charge in [0.1, 0.15) is 11.5 Å². The molecule has 0 N–H and O–H groups in total. The zero-order valence-corrected chi connectivity index (χ0v) is 14.8. The summed E-state index contributed by atoms with van der Waals surface area (Å²) in [5.41, 5.74) is 1.19. The summed E-state index contributed by atoms with van der Waals surface area (Å²) in [5, 5.41) is 0. The van der Waals surface area contributed by atoms with Crippen LogP contribution >= 0.6 is 0 Å². The van der Waals surface area contributed by atoms with Crippen LogP contribution in [-0.4, -0.2) is 37.6 Å². The van der Waals surface area contributed by atoms with Crippen LogP contribution in [0.15, 0.2) is 18.2 Å².